The van der Waals surface area contributed by atoms with Crippen molar-refractivity contribution in [2.75, 3.05) is 13.2 Å². The Bertz CT molecular complexity index is 306. The summed E-state index contributed by atoms with van der Waals surface area (Å²) in [6.07, 6.45) is 3.47. The van der Waals surface area contributed by atoms with Crippen molar-refractivity contribution in [3.8, 4) is 5.75 Å². The average Bonchev–Trinajstić information content (AvgIpc) is 2.41. The first kappa shape index (κ1) is 17.0. The summed E-state index contributed by atoms with van der Waals surface area (Å²) < 4.78 is 11.4. The SMILES string of the molecule is CC(C)CCCOc1ccc(COCCC(C)C)cc1. The maximum Gasteiger partial charge on any atom is 0.119 e. The molecule has 2 nitrogen and oxygen atoms in total. The Morgan fingerprint density at radius 2 is 1.50 bits per heavy atom. The van der Waals surface area contributed by atoms with Crippen LogP contribution in [0, 0.1) is 11.8 Å². The maximum atomic E-state index is 5.73. The molecule has 0 saturated heterocycles. The Morgan fingerprint density at radius 3 is 2.10 bits per heavy atom. The molecule has 0 aromatic heterocycles. The molecular weight excluding hydrogens is 248 g/mol. The van der Waals surface area contributed by atoms with Crippen molar-refractivity contribution in [3.63, 3.8) is 0 Å². The maximum absolute atomic E-state index is 5.73. The van der Waals surface area contributed by atoms with E-state index in [1.807, 2.05) is 12.1 Å². The van der Waals surface area contributed by atoms with E-state index in [-0.39, 0.29) is 0 Å². The molecule has 0 aliphatic heterocycles. The third kappa shape index (κ3) is 8.21. The fraction of sp³-hybridized carbons (Fsp3) is 0.667. The molecule has 0 aliphatic rings. The molecule has 0 N–H and O–H groups in total. The standard InChI is InChI=1S/C18H30O2/c1-15(2)6-5-12-20-18-9-7-17(8-10-18)14-19-13-11-16(3)4/h7-10,15-16H,5-6,11-14H2,1-4H3. The second-order valence-corrected chi connectivity index (χ2v) is 6.26. The van der Waals surface area contributed by atoms with Gasteiger partial charge in [0.15, 0.2) is 0 Å². The van der Waals surface area contributed by atoms with Crippen molar-refractivity contribution < 1.29 is 9.47 Å². The lowest BCUT2D eigenvalue weighted by molar-refractivity contribution is 0.110. The van der Waals surface area contributed by atoms with E-state index < -0.39 is 0 Å². The lowest BCUT2D eigenvalue weighted by atomic mass is 10.1. The Labute approximate surface area is 124 Å². The first-order valence-corrected chi connectivity index (χ1v) is 7.87. The van der Waals surface area contributed by atoms with E-state index in [9.17, 15) is 0 Å². The van der Waals surface area contributed by atoms with E-state index in [1.165, 1.54) is 12.0 Å². The van der Waals surface area contributed by atoms with Gasteiger partial charge in [0.1, 0.15) is 5.75 Å². The summed E-state index contributed by atoms with van der Waals surface area (Å²) in [4.78, 5) is 0. The Morgan fingerprint density at radius 1 is 0.850 bits per heavy atom. The second-order valence-electron chi connectivity index (χ2n) is 6.26. The highest BCUT2D eigenvalue weighted by Crippen LogP contribution is 2.14. The number of benzene rings is 1. The quantitative estimate of drug-likeness (QED) is 0.557. The first-order valence-electron chi connectivity index (χ1n) is 7.87. The molecule has 0 amide bonds. The Balaban J connectivity index is 2.19. The molecule has 0 aliphatic carbocycles. The van der Waals surface area contributed by atoms with Gasteiger partial charge in [-0.25, -0.2) is 0 Å². The molecule has 0 saturated carbocycles. The summed E-state index contributed by atoms with van der Waals surface area (Å²) in [7, 11) is 0. The van der Waals surface area contributed by atoms with E-state index in [0.29, 0.717) is 12.5 Å². The highest BCUT2D eigenvalue weighted by molar-refractivity contribution is 5.26. The molecule has 20 heavy (non-hydrogen) atoms. The molecule has 0 heterocycles. The molecule has 1 aromatic rings. The third-order valence-electron chi connectivity index (χ3n) is 3.23. The molecule has 114 valence electrons. The van der Waals surface area contributed by atoms with Gasteiger partial charge < -0.3 is 9.47 Å². The first-order chi connectivity index (χ1) is 9.58. The Hall–Kier alpha value is -1.02. The van der Waals surface area contributed by atoms with Gasteiger partial charge in [-0.2, -0.15) is 0 Å². The van der Waals surface area contributed by atoms with Crippen molar-refractivity contribution in [3.05, 3.63) is 29.8 Å². The van der Waals surface area contributed by atoms with Gasteiger partial charge in [0.25, 0.3) is 0 Å². The molecule has 0 fully saturated rings. The minimum absolute atomic E-state index is 0.695. The van der Waals surface area contributed by atoms with E-state index in [1.54, 1.807) is 0 Å². The highest BCUT2D eigenvalue weighted by atomic mass is 16.5. The lowest BCUT2D eigenvalue weighted by Crippen LogP contribution is -2.01. The van der Waals surface area contributed by atoms with Crippen LogP contribution in [0.25, 0.3) is 0 Å². The van der Waals surface area contributed by atoms with Crippen LogP contribution in [0.5, 0.6) is 5.75 Å². The molecule has 0 radical (unpaired) electrons. The molecule has 0 atom stereocenters. The van der Waals surface area contributed by atoms with Crippen LogP contribution in [0.2, 0.25) is 0 Å². The molecule has 1 aromatic carbocycles. The summed E-state index contributed by atoms with van der Waals surface area (Å²) in [5.74, 6) is 2.42. The summed E-state index contributed by atoms with van der Waals surface area (Å²) in [5, 5.41) is 0. The summed E-state index contributed by atoms with van der Waals surface area (Å²) in [6, 6.07) is 8.26. The van der Waals surface area contributed by atoms with E-state index in [0.717, 1.165) is 37.7 Å². The van der Waals surface area contributed by atoms with Gasteiger partial charge in [0.05, 0.1) is 13.2 Å². The average molecular weight is 278 g/mol. The number of rotatable bonds is 10. The molecule has 0 bridgehead atoms. The summed E-state index contributed by atoms with van der Waals surface area (Å²) in [6.45, 7) is 11.3. The third-order valence-corrected chi connectivity index (χ3v) is 3.23. The van der Waals surface area contributed by atoms with Crippen LogP contribution < -0.4 is 4.74 Å². The van der Waals surface area contributed by atoms with E-state index in [2.05, 4.69) is 39.8 Å². The van der Waals surface area contributed by atoms with Crippen molar-refractivity contribution in [1.82, 2.24) is 0 Å². The van der Waals surface area contributed by atoms with Gasteiger partial charge in [-0.1, -0.05) is 39.8 Å². The van der Waals surface area contributed by atoms with Crippen molar-refractivity contribution >= 4 is 0 Å². The van der Waals surface area contributed by atoms with Crippen LogP contribution in [-0.2, 0) is 11.3 Å². The van der Waals surface area contributed by atoms with Crippen LogP contribution >= 0.6 is 0 Å². The lowest BCUT2D eigenvalue weighted by Gasteiger charge is -2.09. The fourth-order valence-electron chi connectivity index (χ4n) is 1.87. The second kappa shape index (κ2) is 9.82. The van der Waals surface area contributed by atoms with Gasteiger partial charge in [-0.3, -0.25) is 0 Å². The number of ether oxygens (including phenoxy) is 2. The molecular formula is C18H30O2. The van der Waals surface area contributed by atoms with Crippen LogP contribution in [0.3, 0.4) is 0 Å². The fourth-order valence-corrected chi connectivity index (χ4v) is 1.87. The van der Waals surface area contributed by atoms with E-state index in [4.69, 9.17) is 9.47 Å². The Kier molecular flexibility index (Phi) is 8.36. The topological polar surface area (TPSA) is 18.5 Å². The number of hydrogen-bond acceptors (Lipinski definition) is 2. The van der Waals surface area contributed by atoms with Crippen LogP contribution in [0.15, 0.2) is 24.3 Å². The number of hydrogen-bond donors (Lipinski definition) is 0. The van der Waals surface area contributed by atoms with Crippen molar-refractivity contribution in [2.24, 2.45) is 11.8 Å². The van der Waals surface area contributed by atoms with E-state index >= 15 is 0 Å². The van der Waals surface area contributed by atoms with Gasteiger partial charge >= 0.3 is 0 Å². The molecule has 1 rings (SSSR count). The summed E-state index contributed by atoms with van der Waals surface area (Å²) in [5.41, 5.74) is 1.21. The highest BCUT2D eigenvalue weighted by Gasteiger charge is 1.99. The zero-order valence-corrected chi connectivity index (χ0v) is 13.5. The zero-order chi connectivity index (χ0) is 14.8. The summed E-state index contributed by atoms with van der Waals surface area (Å²) >= 11 is 0. The van der Waals surface area contributed by atoms with Gasteiger partial charge in [0.2, 0.25) is 0 Å². The predicted molar refractivity (Wildman–Crippen MR) is 85.1 cm³/mol. The largest absolute Gasteiger partial charge is 0.494 e. The molecule has 0 spiro atoms. The van der Waals surface area contributed by atoms with Crippen molar-refractivity contribution in [1.29, 1.82) is 0 Å². The van der Waals surface area contributed by atoms with Gasteiger partial charge in [-0.15, -0.1) is 0 Å². The molecule has 0 unspecified atom stereocenters. The van der Waals surface area contributed by atoms with Crippen LogP contribution in [0.1, 0.15) is 52.5 Å². The van der Waals surface area contributed by atoms with Crippen molar-refractivity contribution in [2.45, 2.75) is 53.6 Å². The van der Waals surface area contributed by atoms with Gasteiger partial charge in [-0.05, 0) is 48.8 Å². The minimum Gasteiger partial charge on any atom is -0.494 e. The molecule has 2 heteroatoms. The predicted octanol–water partition coefficient (Wildman–Crippen LogP) is 5.06. The zero-order valence-electron chi connectivity index (χ0n) is 13.5. The van der Waals surface area contributed by atoms with Gasteiger partial charge in [0, 0.05) is 6.61 Å². The van der Waals surface area contributed by atoms with Crippen LogP contribution in [-0.4, -0.2) is 13.2 Å². The monoisotopic (exact) mass is 278 g/mol. The minimum atomic E-state index is 0.695. The normalized spacial score (nSPS) is 11.3. The van der Waals surface area contributed by atoms with Crippen LogP contribution in [0.4, 0.5) is 0 Å². The smallest absolute Gasteiger partial charge is 0.119 e.